The van der Waals surface area contributed by atoms with Crippen molar-refractivity contribution < 1.29 is 27.4 Å². The Balaban J connectivity index is 1.49. The summed E-state index contributed by atoms with van der Waals surface area (Å²) in [5.74, 6) is -1.28. The lowest BCUT2D eigenvalue weighted by Gasteiger charge is -2.28. The number of anilines is 1. The van der Waals surface area contributed by atoms with E-state index in [9.17, 15) is 17.6 Å². The molecule has 1 aliphatic carbocycles. The molecule has 36 heavy (non-hydrogen) atoms. The quantitative estimate of drug-likeness (QED) is 0.325. The van der Waals surface area contributed by atoms with Crippen molar-refractivity contribution >= 4 is 33.0 Å². The molecule has 2 N–H and O–H groups in total. The standard InChI is InChI=1S/C26H29FN2O5S2/c1-3-4-16-5-7-17(8-6-16)18-9-11-19(12-10-18)25-28-24(15-35-25)36(32,33)29-22-14-21(27)20(26(30)31)13-23(22)34-2/h9-17,29H,3-8H2,1-2H3,(H,30,31)/t16-,17-. The summed E-state index contributed by atoms with van der Waals surface area (Å²) in [5, 5.41) is 10.8. The summed E-state index contributed by atoms with van der Waals surface area (Å²) in [4.78, 5) is 15.4. The number of nitrogens with one attached hydrogen (secondary N) is 1. The van der Waals surface area contributed by atoms with E-state index in [0.29, 0.717) is 10.9 Å². The topological polar surface area (TPSA) is 106 Å². The number of benzene rings is 2. The van der Waals surface area contributed by atoms with Crippen LogP contribution in [0.4, 0.5) is 10.1 Å². The van der Waals surface area contributed by atoms with Crippen LogP contribution >= 0.6 is 11.3 Å². The van der Waals surface area contributed by atoms with Crippen molar-refractivity contribution in [3.63, 3.8) is 0 Å². The number of hydrogen-bond donors (Lipinski definition) is 2. The van der Waals surface area contributed by atoms with Crippen LogP contribution in [-0.2, 0) is 10.0 Å². The number of sulfonamides is 1. The number of halogens is 1. The molecule has 0 saturated heterocycles. The van der Waals surface area contributed by atoms with Gasteiger partial charge in [-0.15, -0.1) is 11.3 Å². The number of aromatic nitrogens is 1. The first-order chi connectivity index (χ1) is 17.2. The number of methoxy groups -OCH3 is 1. The molecule has 0 aliphatic heterocycles. The Kier molecular flexibility index (Phi) is 7.94. The zero-order valence-corrected chi connectivity index (χ0v) is 21.8. The predicted octanol–water partition coefficient (Wildman–Crippen LogP) is 6.53. The van der Waals surface area contributed by atoms with Gasteiger partial charge >= 0.3 is 5.97 Å². The molecule has 1 aromatic heterocycles. The Morgan fingerprint density at radius 3 is 2.50 bits per heavy atom. The van der Waals surface area contributed by atoms with E-state index in [1.54, 1.807) is 0 Å². The number of carboxylic acid groups (broad SMARTS) is 1. The number of nitrogens with zero attached hydrogens (tertiary/aromatic N) is 1. The summed E-state index contributed by atoms with van der Waals surface area (Å²) in [6.07, 6.45) is 7.50. The van der Waals surface area contributed by atoms with Gasteiger partial charge in [-0.25, -0.2) is 14.2 Å². The number of rotatable bonds is 9. The molecule has 10 heteroatoms. The maximum Gasteiger partial charge on any atom is 0.338 e. The van der Waals surface area contributed by atoms with Crippen LogP contribution in [0.3, 0.4) is 0 Å². The monoisotopic (exact) mass is 532 g/mol. The minimum atomic E-state index is -4.16. The predicted molar refractivity (Wildman–Crippen MR) is 138 cm³/mol. The number of hydrogen-bond acceptors (Lipinski definition) is 6. The van der Waals surface area contributed by atoms with E-state index in [2.05, 4.69) is 28.8 Å². The SMILES string of the molecule is CCC[C@H]1CC[C@H](c2ccc(-c3nc(S(=O)(=O)Nc4cc(F)c(C(=O)O)cc4OC)cs3)cc2)CC1. The molecule has 192 valence electrons. The Bertz CT molecular complexity index is 1330. The summed E-state index contributed by atoms with van der Waals surface area (Å²) < 4.78 is 47.3. The fourth-order valence-electron chi connectivity index (χ4n) is 4.77. The highest BCUT2D eigenvalue weighted by Gasteiger charge is 2.24. The molecular weight excluding hydrogens is 503 g/mol. The van der Waals surface area contributed by atoms with Crippen molar-refractivity contribution in [2.75, 3.05) is 11.8 Å². The number of aromatic carboxylic acids is 1. The van der Waals surface area contributed by atoms with Gasteiger partial charge in [0.15, 0.2) is 5.03 Å². The summed E-state index contributed by atoms with van der Waals surface area (Å²) in [6, 6.07) is 9.86. The van der Waals surface area contributed by atoms with Crippen molar-refractivity contribution in [3.05, 3.63) is 58.7 Å². The maximum absolute atomic E-state index is 14.2. The minimum Gasteiger partial charge on any atom is -0.495 e. The number of carboxylic acids is 1. The second-order valence-corrected chi connectivity index (χ2v) is 11.5. The largest absolute Gasteiger partial charge is 0.495 e. The van der Waals surface area contributed by atoms with Gasteiger partial charge in [0.25, 0.3) is 10.0 Å². The molecule has 0 spiro atoms. The Labute approximate surface area is 214 Å². The highest BCUT2D eigenvalue weighted by Crippen LogP contribution is 2.38. The van der Waals surface area contributed by atoms with E-state index in [-0.39, 0.29) is 16.5 Å². The van der Waals surface area contributed by atoms with E-state index in [1.165, 1.54) is 67.9 Å². The van der Waals surface area contributed by atoms with Crippen molar-refractivity contribution in [2.24, 2.45) is 5.92 Å². The van der Waals surface area contributed by atoms with Gasteiger partial charge in [-0.2, -0.15) is 8.42 Å². The molecule has 0 bridgehead atoms. The molecule has 1 heterocycles. The van der Waals surface area contributed by atoms with Gasteiger partial charge in [0.2, 0.25) is 0 Å². The van der Waals surface area contributed by atoms with Crippen LogP contribution in [0.5, 0.6) is 5.75 Å². The molecule has 7 nitrogen and oxygen atoms in total. The van der Waals surface area contributed by atoms with Gasteiger partial charge in [0.1, 0.15) is 16.6 Å². The molecular formula is C26H29FN2O5S2. The second-order valence-electron chi connectivity index (χ2n) is 9.06. The van der Waals surface area contributed by atoms with Crippen molar-refractivity contribution in [2.45, 2.75) is 56.4 Å². The Morgan fingerprint density at radius 1 is 1.19 bits per heavy atom. The zero-order valence-electron chi connectivity index (χ0n) is 20.2. The van der Waals surface area contributed by atoms with Gasteiger partial charge in [0.05, 0.1) is 18.4 Å². The fraction of sp³-hybridized carbons (Fsp3) is 0.385. The molecule has 1 fully saturated rings. The molecule has 0 unspecified atom stereocenters. The summed E-state index contributed by atoms with van der Waals surface area (Å²) in [6.45, 7) is 2.24. The zero-order chi connectivity index (χ0) is 25.9. The Morgan fingerprint density at radius 2 is 1.89 bits per heavy atom. The average Bonchev–Trinajstić information content (AvgIpc) is 3.36. The molecule has 0 amide bonds. The van der Waals surface area contributed by atoms with E-state index in [4.69, 9.17) is 9.84 Å². The van der Waals surface area contributed by atoms with Crippen LogP contribution in [0.25, 0.3) is 10.6 Å². The first kappa shape index (κ1) is 26.1. The normalized spacial score (nSPS) is 18.1. The van der Waals surface area contributed by atoms with Gasteiger partial charge in [0, 0.05) is 17.0 Å². The third kappa shape index (κ3) is 5.70. The van der Waals surface area contributed by atoms with E-state index < -0.39 is 27.4 Å². The van der Waals surface area contributed by atoms with Gasteiger partial charge in [-0.05, 0) is 49.1 Å². The van der Waals surface area contributed by atoms with E-state index in [0.717, 1.165) is 23.6 Å². The molecule has 2 aromatic carbocycles. The first-order valence-corrected chi connectivity index (χ1v) is 14.3. The maximum atomic E-state index is 14.2. The van der Waals surface area contributed by atoms with Crippen molar-refractivity contribution in [3.8, 4) is 16.3 Å². The molecule has 1 aliphatic rings. The molecule has 4 rings (SSSR count). The summed E-state index contributed by atoms with van der Waals surface area (Å²) in [5.41, 5.74) is 1.29. The number of ether oxygens (including phenoxy) is 1. The van der Waals surface area contributed by atoms with E-state index in [1.807, 2.05) is 12.1 Å². The molecule has 3 aromatic rings. The van der Waals surface area contributed by atoms with Crippen LogP contribution in [-0.4, -0.2) is 31.6 Å². The van der Waals surface area contributed by atoms with Crippen LogP contribution in [0.2, 0.25) is 0 Å². The van der Waals surface area contributed by atoms with Crippen LogP contribution < -0.4 is 9.46 Å². The lowest BCUT2D eigenvalue weighted by atomic mass is 9.77. The third-order valence-electron chi connectivity index (χ3n) is 6.70. The lowest BCUT2D eigenvalue weighted by Crippen LogP contribution is -2.15. The minimum absolute atomic E-state index is 0.118. The average molecular weight is 533 g/mol. The number of carbonyl (C=O) groups is 1. The lowest BCUT2D eigenvalue weighted by molar-refractivity contribution is 0.0691. The van der Waals surface area contributed by atoms with Gasteiger partial charge < -0.3 is 9.84 Å². The Hall–Kier alpha value is -2.98. The van der Waals surface area contributed by atoms with E-state index >= 15 is 0 Å². The van der Waals surface area contributed by atoms with Crippen LogP contribution in [0, 0.1) is 11.7 Å². The second kappa shape index (κ2) is 11.0. The van der Waals surface area contributed by atoms with Crippen LogP contribution in [0.15, 0.2) is 46.8 Å². The summed E-state index contributed by atoms with van der Waals surface area (Å²) >= 11 is 1.19. The molecule has 0 radical (unpaired) electrons. The van der Waals surface area contributed by atoms with Gasteiger partial charge in [-0.3, -0.25) is 4.72 Å². The smallest absolute Gasteiger partial charge is 0.338 e. The number of thiazole rings is 1. The van der Waals surface area contributed by atoms with Gasteiger partial charge in [-0.1, -0.05) is 44.0 Å². The molecule has 1 saturated carbocycles. The summed E-state index contributed by atoms with van der Waals surface area (Å²) in [7, 11) is -2.93. The first-order valence-electron chi connectivity index (χ1n) is 11.9. The highest BCUT2D eigenvalue weighted by molar-refractivity contribution is 7.92. The van der Waals surface area contributed by atoms with Crippen molar-refractivity contribution in [1.82, 2.24) is 4.98 Å². The van der Waals surface area contributed by atoms with Crippen LogP contribution in [0.1, 0.15) is 67.3 Å². The highest BCUT2D eigenvalue weighted by atomic mass is 32.2. The van der Waals surface area contributed by atoms with Crippen molar-refractivity contribution in [1.29, 1.82) is 0 Å². The fourth-order valence-corrected chi connectivity index (χ4v) is 6.93. The third-order valence-corrected chi connectivity index (χ3v) is 8.98. The molecule has 0 atom stereocenters.